The highest BCUT2D eigenvalue weighted by molar-refractivity contribution is 5.74. The third-order valence-corrected chi connectivity index (χ3v) is 5.92. The first-order chi connectivity index (χ1) is 13.5. The highest BCUT2D eigenvalue weighted by Gasteiger charge is 2.49. The molecular weight excluding hydrogens is 362 g/mol. The topological polar surface area (TPSA) is 102 Å². The molecule has 0 spiro atoms. The summed E-state index contributed by atoms with van der Waals surface area (Å²) < 4.78 is 17.8. The summed E-state index contributed by atoms with van der Waals surface area (Å²) >= 11 is 0. The summed E-state index contributed by atoms with van der Waals surface area (Å²) in [5.74, 6) is 0.718. The highest BCUT2D eigenvalue weighted by Crippen LogP contribution is 2.31. The number of hydrogen-bond acceptors (Lipinski definition) is 6. The Morgan fingerprint density at radius 1 is 1.29 bits per heavy atom. The van der Waals surface area contributed by atoms with Gasteiger partial charge >= 0.3 is 6.03 Å². The van der Waals surface area contributed by atoms with Crippen molar-refractivity contribution >= 4 is 6.03 Å². The number of pyridine rings is 1. The van der Waals surface area contributed by atoms with Gasteiger partial charge in [0.1, 0.15) is 18.0 Å². The number of ether oxygens (including phenoxy) is 3. The van der Waals surface area contributed by atoms with E-state index in [-0.39, 0.29) is 36.9 Å². The predicted octanol–water partition coefficient (Wildman–Crippen LogP) is 1.30. The summed E-state index contributed by atoms with van der Waals surface area (Å²) in [5, 5.41) is 16.2. The Morgan fingerprint density at radius 3 is 2.86 bits per heavy atom. The summed E-state index contributed by atoms with van der Waals surface area (Å²) in [6, 6.07) is 3.17. The number of carbonyl (C=O) groups is 1. The Hall–Kier alpha value is -1.90. The first-order valence-corrected chi connectivity index (χ1v) is 10.1. The lowest BCUT2D eigenvalue weighted by Gasteiger charge is -2.32. The zero-order valence-corrected chi connectivity index (χ0v) is 16.2. The SMILES string of the molecule is Cc1ncccc1O[C@H]1CO[C@H]2[C@@H]1OC[C@@H]2NC(=O)NCC1(O)CCCCC1. The molecule has 1 saturated carbocycles. The van der Waals surface area contributed by atoms with E-state index in [9.17, 15) is 9.90 Å². The Bertz CT molecular complexity index is 694. The number of fused-ring (bicyclic) bond motifs is 1. The minimum Gasteiger partial charge on any atom is -0.483 e. The van der Waals surface area contributed by atoms with Gasteiger partial charge in [0.25, 0.3) is 0 Å². The second-order valence-corrected chi connectivity index (χ2v) is 8.06. The van der Waals surface area contributed by atoms with Crippen molar-refractivity contribution in [2.45, 2.75) is 69.0 Å². The second kappa shape index (κ2) is 8.23. The molecule has 0 bridgehead atoms. The van der Waals surface area contributed by atoms with Gasteiger partial charge in [-0.1, -0.05) is 19.3 Å². The van der Waals surface area contributed by atoms with Crippen LogP contribution in [0.25, 0.3) is 0 Å². The van der Waals surface area contributed by atoms with Gasteiger partial charge in [-0.05, 0) is 31.9 Å². The zero-order chi connectivity index (χ0) is 19.6. The van der Waals surface area contributed by atoms with Gasteiger partial charge in [-0.15, -0.1) is 0 Å². The number of amides is 2. The van der Waals surface area contributed by atoms with Crippen molar-refractivity contribution in [1.82, 2.24) is 15.6 Å². The minimum absolute atomic E-state index is 0.229. The number of rotatable bonds is 5. The van der Waals surface area contributed by atoms with E-state index in [0.29, 0.717) is 13.2 Å². The van der Waals surface area contributed by atoms with Crippen molar-refractivity contribution in [3.05, 3.63) is 24.0 Å². The van der Waals surface area contributed by atoms with Crippen LogP contribution < -0.4 is 15.4 Å². The van der Waals surface area contributed by atoms with Gasteiger partial charge in [0, 0.05) is 12.7 Å². The molecule has 28 heavy (non-hydrogen) atoms. The molecular formula is C20H29N3O5. The average Bonchev–Trinajstić information content (AvgIpc) is 3.26. The maximum Gasteiger partial charge on any atom is 0.315 e. The van der Waals surface area contributed by atoms with Gasteiger partial charge in [-0.2, -0.15) is 0 Å². The van der Waals surface area contributed by atoms with Crippen LogP contribution in [0.4, 0.5) is 4.79 Å². The third kappa shape index (κ3) is 4.24. The summed E-state index contributed by atoms with van der Waals surface area (Å²) in [6.07, 6.45) is 5.66. The maximum absolute atomic E-state index is 12.3. The van der Waals surface area contributed by atoms with Crippen LogP contribution in [0.5, 0.6) is 5.75 Å². The van der Waals surface area contributed by atoms with Crippen molar-refractivity contribution in [3.8, 4) is 5.75 Å². The fourth-order valence-corrected chi connectivity index (χ4v) is 4.30. The van der Waals surface area contributed by atoms with Crippen LogP contribution in [0.3, 0.4) is 0 Å². The van der Waals surface area contributed by atoms with Gasteiger partial charge in [-0.25, -0.2) is 4.79 Å². The lowest BCUT2D eigenvalue weighted by atomic mass is 9.85. The monoisotopic (exact) mass is 391 g/mol. The van der Waals surface area contributed by atoms with Crippen LogP contribution in [0.1, 0.15) is 37.8 Å². The molecule has 3 aliphatic rings. The molecule has 2 saturated heterocycles. The molecule has 2 aliphatic heterocycles. The van der Waals surface area contributed by atoms with E-state index in [0.717, 1.165) is 43.5 Å². The average molecular weight is 391 g/mol. The zero-order valence-electron chi connectivity index (χ0n) is 16.2. The second-order valence-electron chi connectivity index (χ2n) is 8.06. The number of nitrogens with zero attached hydrogens (tertiary/aromatic N) is 1. The molecule has 1 aromatic rings. The summed E-state index contributed by atoms with van der Waals surface area (Å²) in [4.78, 5) is 16.5. The standard InChI is InChI=1S/C20H29N3O5/c1-13-15(6-5-9-21-13)28-16-11-27-17-14(10-26-18(16)17)23-19(24)22-12-20(25)7-3-2-4-8-20/h5-6,9,14,16-18,25H,2-4,7-8,10-12H2,1H3,(H2,22,23,24)/t14-,16-,17+,18+/m0/s1. The Kier molecular flexibility index (Phi) is 5.70. The lowest BCUT2D eigenvalue weighted by molar-refractivity contribution is 0.00692. The van der Waals surface area contributed by atoms with E-state index in [2.05, 4.69) is 15.6 Å². The molecule has 4 rings (SSSR count). The fourth-order valence-electron chi connectivity index (χ4n) is 4.30. The highest BCUT2D eigenvalue weighted by atomic mass is 16.6. The third-order valence-electron chi connectivity index (χ3n) is 5.92. The van der Waals surface area contributed by atoms with E-state index < -0.39 is 5.60 Å². The number of aromatic nitrogens is 1. The predicted molar refractivity (Wildman–Crippen MR) is 101 cm³/mol. The van der Waals surface area contributed by atoms with Crippen molar-refractivity contribution < 1.29 is 24.1 Å². The largest absolute Gasteiger partial charge is 0.483 e. The molecule has 0 radical (unpaired) electrons. The normalized spacial score (nSPS) is 31.2. The Labute approximate surface area is 165 Å². The summed E-state index contributed by atoms with van der Waals surface area (Å²) in [6.45, 7) is 2.95. The van der Waals surface area contributed by atoms with E-state index in [1.807, 2.05) is 19.1 Å². The number of hydrogen-bond donors (Lipinski definition) is 3. The van der Waals surface area contributed by atoms with Crippen molar-refractivity contribution in [3.63, 3.8) is 0 Å². The maximum atomic E-state index is 12.3. The molecule has 1 aliphatic carbocycles. The number of nitrogens with one attached hydrogen (secondary N) is 2. The number of urea groups is 1. The molecule has 3 heterocycles. The molecule has 0 unspecified atom stereocenters. The van der Waals surface area contributed by atoms with Crippen molar-refractivity contribution in [2.24, 2.45) is 0 Å². The molecule has 0 aromatic carbocycles. The van der Waals surface area contributed by atoms with Gasteiger partial charge < -0.3 is 30.0 Å². The van der Waals surface area contributed by atoms with Crippen molar-refractivity contribution in [1.29, 1.82) is 0 Å². The molecule has 8 nitrogen and oxygen atoms in total. The Morgan fingerprint density at radius 2 is 2.07 bits per heavy atom. The number of aliphatic hydroxyl groups is 1. The molecule has 3 fully saturated rings. The molecule has 2 amide bonds. The lowest BCUT2D eigenvalue weighted by Crippen LogP contribution is -2.52. The van der Waals surface area contributed by atoms with Gasteiger partial charge in [0.05, 0.1) is 30.6 Å². The first kappa shape index (κ1) is 19.4. The van der Waals surface area contributed by atoms with E-state index >= 15 is 0 Å². The fraction of sp³-hybridized carbons (Fsp3) is 0.700. The van der Waals surface area contributed by atoms with Crippen LogP contribution in [0.2, 0.25) is 0 Å². The van der Waals surface area contributed by atoms with Crippen LogP contribution in [-0.2, 0) is 9.47 Å². The molecule has 1 aromatic heterocycles. The quantitative estimate of drug-likeness (QED) is 0.699. The van der Waals surface area contributed by atoms with Gasteiger partial charge in [-0.3, -0.25) is 4.98 Å². The van der Waals surface area contributed by atoms with E-state index in [4.69, 9.17) is 14.2 Å². The van der Waals surface area contributed by atoms with Crippen LogP contribution in [0, 0.1) is 6.92 Å². The number of carbonyl (C=O) groups excluding carboxylic acids is 1. The van der Waals surface area contributed by atoms with E-state index in [1.165, 1.54) is 0 Å². The number of aryl methyl sites for hydroxylation is 1. The summed E-state index contributed by atoms with van der Waals surface area (Å²) in [5.41, 5.74) is 0.0351. The smallest absolute Gasteiger partial charge is 0.315 e. The van der Waals surface area contributed by atoms with Gasteiger partial charge in [0.2, 0.25) is 0 Å². The van der Waals surface area contributed by atoms with Crippen LogP contribution in [0.15, 0.2) is 18.3 Å². The molecule has 3 N–H and O–H groups in total. The first-order valence-electron chi connectivity index (χ1n) is 10.1. The molecule has 4 atom stereocenters. The minimum atomic E-state index is -0.783. The van der Waals surface area contributed by atoms with Crippen molar-refractivity contribution in [2.75, 3.05) is 19.8 Å². The van der Waals surface area contributed by atoms with Gasteiger partial charge in [0.15, 0.2) is 6.10 Å². The van der Waals surface area contributed by atoms with E-state index in [1.54, 1.807) is 6.20 Å². The molecule has 8 heteroatoms. The van der Waals surface area contributed by atoms with Crippen LogP contribution >= 0.6 is 0 Å². The summed E-state index contributed by atoms with van der Waals surface area (Å²) in [7, 11) is 0. The Balaban J connectivity index is 1.27. The van der Waals surface area contributed by atoms with Crippen LogP contribution in [-0.4, -0.2) is 65.8 Å². The molecule has 154 valence electrons.